The summed E-state index contributed by atoms with van der Waals surface area (Å²) < 4.78 is 6.60. The van der Waals surface area contributed by atoms with Crippen molar-refractivity contribution >= 4 is 17.1 Å². The second-order valence-electron chi connectivity index (χ2n) is 5.53. The molecule has 2 rings (SSSR count). The molecule has 0 radical (unpaired) electrons. The van der Waals surface area contributed by atoms with Gasteiger partial charge in [-0.3, -0.25) is 4.57 Å². The smallest absolute Gasteiger partial charge is 0.408 e. The SMILES string of the molecule is CCC(O)(CC)CNC(=O)NCCn1c(=O)oc2ccccc21. The highest BCUT2D eigenvalue weighted by Gasteiger charge is 2.22. The number of hydrogen-bond donors (Lipinski definition) is 3. The van der Waals surface area contributed by atoms with Gasteiger partial charge in [-0.25, -0.2) is 9.59 Å². The van der Waals surface area contributed by atoms with Crippen molar-refractivity contribution in [3.63, 3.8) is 0 Å². The second kappa shape index (κ2) is 7.32. The fourth-order valence-corrected chi connectivity index (χ4v) is 2.31. The van der Waals surface area contributed by atoms with Gasteiger partial charge in [-0.05, 0) is 25.0 Å². The van der Waals surface area contributed by atoms with Crippen LogP contribution in [0.25, 0.3) is 11.1 Å². The Morgan fingerprint density at radius 1 is 1.26 bits per heavy atom. The first kappa shape index (κ1) is 17.1. The van der Waals surface area contributed by atoms with Gasteiger partial charge < -0.3 is 20.2 Å². The van der Waals surface area contributed by atoms with Gasteiger partial charge >= 0.3 is 11.8 Å². The van der Waals surface area contributed by atoms with Gasteiger partial charge in [-0.1, -0.05) is 26.0 Å². The van der Waals surface area contributed by atoms with Crippen molar-refractivity contribution in [1.82, 2.24) is 15.2 Å². The Hall–Kier alpha value is -2.28. The van der Waals surface area contributed by atoms with E-state index in [-0.39, 0.29) is 19.1 Å². The minimum atomic E-state index is -0.880. The third kappa shape index (κ3) is 4.13. The molecule has 0 spiro atoms. The Labute approximate surface area is 134 Å². The van der Waals surface area contributed by atoms with E-state index in [4.69, 9.17) is 4.42 Å². The zero-order valence-corrected chi connectivity index (χ0v) is 13.5. The van der Waals surface area contributed by atoms with Crippen LogP contribution in [0, 0.1) is 0 Å². The van der Waals surface area contributed by atoms with Gasteiger partial charge in [-0.15, -0.1) is 0 Å². The number of carbonyl (C=O) groups is 1. The van der Waals surface area contributed by atoms with Crippen LogP contribution in [0.3, 0.4) is 0 Å². The number of nitrogens with zero attached hydrogens (tertiary/aromatic N) is 1. The summed E-state index contributed by atoms with van der Waals surface area (Å²) in [5.74, 6) is -0.445. The van der Waals surface area contributed by atoms with E-state index in [1.165, 1.54) is 4.57 Å². The van der Waals surface area contributed by atoms with Crippen LogP contribution in [0.15, 0.2) is 33.5 Å². The largest absolute Gasteiger partial charge is 0.420 e. The summed E-state index contributed by atoms with van der Waals surface area (Å²) in [4.78, 5) is 23.5. The first-order valence-corrected chi connectivity index (χ1v) is 7.81. The normalized spacial score (nSPS) is 11.6. The van der Waals surface area contributed by atoms with E-state index in [9.17, 15) is 14.7 Å². The van der Waals surface area contributed by atoms with Crippen LogP contribution in [0.5, 0.6) is 0 Å². The highest BCUT2D eigenvalue weighted by molar-refractivity contribution is 5.74. The number of para-hydroxylation sites is 2. The van der Waals surface area contributed by atoms with Gasteiger partial charge in [0.15, 0.2) is 5.58 Å². The zero-order chi connectivity index (χ0) is 16.9. The van der Waals surface area contributed by atoms with E-state index in [2.05, 4.69) is 10.6 Å². The predicted molar refractivity (Wildman–Crippen MR) is 87.4 cm³/mol. The molecule has 7 nitrogen and oxygen atoms in total. The van der Waals surface area contributed by atoms with Crippen LogP contribution < -0.4 is 16.4 Å². The first-order chi connectivity index (χ1) is 11.0. The Balaban J connectivity index is 1.86. The van der Waals surface area contributed by atoms with E-state index in [0.29, 0.717) is 30.5 Å². The molecule has 0 aliphatic heterocycles. The Morgan fingerprint density at radius 3 is 2.65 bits per heavy atom. The Bertz CT molecular complexity index is 715. The van der Waals surface area contributed by atoms with E-state index >= 15 is 0 Å². The van der Waals surface area contributed by atoms with Crippen LogP contribution in [0.4, 0.5) is 4.79 Å². The van der Waals surface area contributed by atoms with Crippen LogP contribution in [-0.2, 0) is 6.54 Å². The number of benzene rings is 1. The molecule has 2 amide bonds. The molecule has 1 aromatic carbocycles. The molecule has 126 valence electrons. The van der Waals surface area contributed by atoms with Gasteiger partial charge in [-0.2, -0.15) is 0 Å². The van der Waals surface area contributed by atoms with Crippen molar-refractivity contribution in [2.24, 2.45) is 0 Å². The molecule has 2 aromatic rings. The number of nitrogens with one attached hydrogen (secondary N) is 2. The first-order valence-electron chi connectivity index (χ1n) is 7.81. The minimum absolute atomic E-state index is 0.195. The number of rotatable bonds is 7. The number of urea groups is 1. The molecule has 0 fully saturated rings. The van der Waals surface area contributed by atoms with E-state index in [1.54, 1.807) is 18.2 Å². The van der Waals surface area contributed by atoms with Crippen LogP contribution in [-0.4, -0.2) is 34.4 Å². The molecule has 0 atom stereocenters. The zero-order valence-electron chi connectivity index (χ0n) is 13.5. The summed E-state index contributed by atoms with van der Waals surface area (Å²) in [5.41, 5.74) is 0.346. The van der Waals surface area contributed by atoms with Crippen molar-refractivity contribution in [3.8, 4) is 0 Å². The summed E-state index contributed by atoms with van der Waals surface area (Å²) in [7, 11) is 0. The maximum absolute atomic E-state index is 11.8. The lowest BCUT2D eigenvalue weighted by molar-refractivity contribution is 0.0349. The monoisotopic (exact) mass is 321 g/mol. The molecule has 0 saturated heterocycles. The third-order valence-electron chi connectivity index (χ3n) is 4.09. The summed E-state index contributed by atoms with van der Waals surface area (Å²) in [6.45, 7) is 4.54. The number of oxazole rings is 1. The molecule has 1 aromatic heterocycles. The standard InChI is InChI=1S/C16H23N3O4/c1-3-16(22,4-2)11-18-14(20)17-9-10-19-12-7-5-6-8-13(12)23-15(19)21/h5-8,22H,3-4,9-11H2,1-2H3,(H2,17,18,20). The number of amides is 2. The summed E-state index contributed by atoms with van der Waals surface area (Å²) >= 11 is 0. The van der Waals surface area contributed by atoms with Gasteiger partial charge in [0.1, 0.15) is 0 Å². The summed E-state index contributed by atoms with van der Waals surface area (Å²) in [6.07, 6.45) is 1.14. The van der Waals surface area contributed by atoms with Gasteiger partial charge in [0.2, 0.25) is 0 Å². The molecule has 7 heteroatoms. The fourth-order valence-electron chi connectivity index (χ4n) is 2.31. The van der Waals surface area contributed by atoms with Gasteiger partial charge in [0.25, 0.3) is 0 Å². The molecule has 23 heavy (non-hydrogen) atoms. The van der Waals surface area contributed by atoms with Gasteiger partial charge in [0, 0.05) is 19.6 Å². The quantitative estimate of drug-likeness (QED) is 0.719. The number of carbonyl (C=O) groups excluding carboxylic acids is 1. The molecular weight excluding hydrogens is 298 g/mol. The number of aliphatic hydroxyl groups is 1. The number of hydrogen-bond acceptors (Lipinski definition) is 4. The predicted octanol–water partition coefficient (Wildman–Crippen LogP) is 1.44. The lowest BCUT2D eigenvalue weighted by Gasteiger charge is -2.25. The molecule has 3 N–H and O–H groups in total. The van der Waals surface area contributed by atoms with Crippen molar-refractivity contribution < 1.29 is 14.3 Å². The summed E-state index contributed by atoms with van der Waals surface area (Å²) in [6, 6.07) is 6.77. The average Bonchev–Trinajstić information content (AvgIpc) is 2.88. The van der Waals surface area contributed by atoms with Crippen LogP contribution in [0.1, 0.15) is 26.7 Å². The average molecular weight is 321 g/mol. The topological polar surface area (TPSA) is 96.5 Å². The molecule has 0 bridgehead atoms. The number of aromatic nitrogens is 1. The van der Waals surface area contributed by atoms with Crippen LogP contribution in [0.2, 0.25) is 0 Å². The Morgan fingerprint density at radius 2 is 1.96 bits per heavy atom. The molecule has 0 unspecified atom stereocenters. The molecular formula is C16H23N3O4. The highest BCUT2D eigenvalue weighted by atomic mass is 16.4. The molecule has 0 aliphatic carbocycles. The second-order valence-corrected chi connectivity index (χ2v) is 5.53. The Kier molecular flexibility index (Phi) is 5.44. The van der Waals surface area contributed by atoms with Gasteiger partial charge in [0.05, 0.1) is 11.1 Å². The van der Waals surface area contributed by atoms with E-state index in [0.717, 1.165) is 0 Å². The maximum atomic E-state index is 11.8. The van der Waals surface area contributed by atoms with Crippen LogP contribution >= 0.6 is 0 Å². The van der Waals surface area contributed by atoms with Crippen molar-refractivity contribution in [3.05, 3.63) is 34.8 Å². The lowest BCUT2D eigenvalue weighted by Crippen LogP contribution is -2.46. The van der Waals surface area contributed by atoms with Crippen molar-refractivity contribution in [1.29, 1.82) is 0 Å². The van der Waals surface area contributed by atoms with Crippen molar-refractivity contribution in [2.45, 2.75) is 38.8 Å². The third-order valence-corrected chi connectivity index (χ3v) is 4.09. The number of fused-ring (bicyclic) bond motifs is 1. The lowest BCUT2D eigenvalue weighted by atomic mass is 9.98. The molecule has 0 aliphatic rings. The summed E-state index contributed by atoms with van der Waals surface area (Å²) in [5, 5.41) is 15.4. The molecule has 0 saturated carbocycles. The van der Waals surface area contributed by atoms with E-state index in [1.807, 2.05) is 19.9 Å². The van der Waals surface area contributed by atoms with E-state index < -0.39 is 11.4 Å². The van der Waals surface area contributed by atoms with Crippen molar-refractivity contribution in [2.75, 3.05) is 13.1 Å². The molecule has 1 heterocycles. The minimum Gasteiger partial charge on any atom is -0.408 e. The fraction of sp³-hybridized carbons (Fsp3) is 0.500. The highest BCUT2D eigenvalue weighted by Crippen LogP contribution is 2.13. The maximum Gasteiger partial charge on any atom is 0.420 e.